The topological polar surface area (TPSA) is 26.3 Å². The van der Waals surface area contributed by atoms with Crippen LogP contribution >= 0.6 is 0 Å². The molecule has 1 atom stereocenters. The van der Waals surface area contributed by atoms with Gasteiger partial charge in [0.25, 0.3) is 0 Å². The van der Waals surface area contributed by atoms with Crippen molar-refractivity contribution in [2.24, 2.45) is 0 Å². The van der Waals surface area contributed by atoms with Gasteiger partial charge in [0, 0.05) is 5.56 Å². The van der Waals surface area contributed by atoms with Crippen molar-refractivity contribution in [1.29, 1.82) is 0 Å². The van der Waals surface area contributed by atoms with E-state index >= 15 is 0 Å². The van der Waals surface area contributed by atoms with Crippen LogP contribution in [0.1, 0.15) is 35.3 Å². The van der Waals surface area contributed by atoms with E-state index in [1.165, 1.54) is 5.56 Å². The third-order valence-corrected chi connectivity index (χ3v) is 3.32. The molecule has 0 fully saturated rings. The summed E-state index contributed by atoms with van der Waals surface area (Å²) >= 11 is 0. The standard InChI is InChI=1S/C18H20O2/c1-4-15-6-5-7-17(12-15)20-14(3)18(19)16-10-8-13(2)9-11-16/h5-12,14H,4H2,1-3H3. The van der Waals surface area contributed by atoms with Gasteiger partial charge in [-0.1, -0.05) is 48.9 Å². The van der Waals surface area contributed by atoms with Crippen LogP contribution in [0.3, 0.4) is 0 Å². The van der Waals surface area contributed by atoms with Crippen molar-refractivity contribution in [3.8, 4) is 5.75 Å². The number of rotatable bonds is 5. The number of ether oxygens (including phenoxy) is 1. The summed E-state index contributed by atoms with van der Waals surface area (Å²) in [6.45, 7) is 5.89. The Kier molecular flexibility index (Phi) is 4.57. The van der Waals surface area contributed by atoms with E-state index in [2.05, 4.69) is 13.0 Å². The fourth-order valence-electron chi connectivity index (χ4n) is 2.05. The van der Waals surface area contributed by atoms with E-state index in [1.807, 2.05) is 49.4 Å². The van der Waals surface area contributed by atoms with Gasteiger partial charge in [0.1, 0.15) is 5.75 Å². The number of Topliss-reactive ketones (excluding diaryl/α,β-unsaturated/α-hetero) is 1. The molecule has 2 heteroatoms. The quantitative estimate of drug-likeness (QED) is 0.759. The summed E-state index contributed by atoms with van der Waals surface area (Å²) in [4.78, 5) is 12.3. The zero-order chi connectivity index (χ0) is 14.5. The predicted molar refractivity (Wildman–Crippen MR) is 81.4 cm³/mol. The molecule has 0 aliphatic carbocycles. The molecule has 2 aromatic rings. The predicted octanol–water partition coefficient (Wildman–Crippen LogP) is 4.21. The van der Waals surface area contributed by atoms with Gasteiger partial charge in [0.05, 0.1) is 0 Å². The molecule has 0 aliphatic rings. The highest BCUT2D eigenvalue weighted by Gasteiger charge is 2.16. The first-order chi connectivity index (χ1) is 9.60. The minimum atomic E-state index is -0.482. The van der Waals surface area contributed by atoms with E-state index in [0.717, 1.165) is 17.7 Å². The highest BCUT2D eigenvalue weighted by Crippen LogP contribution is 2.17. The van der Waals surface area contributed by atoms with Crippen LogP contribution in [0.25, 0.3) is 0 Å². The average molecular weight is 268 g/mol. The Morgan fingerprint density at radius 3 is 2.50 bits per heavy atom. The van der Waals surface area contributed by atoms with Crippen molar-refractivity contribution in [3.63, 3.8) is 0 Å². The van der Waals surface area contributed by atoms with Crippen LogP contribution in [0, 0.1) is 6.92 Å². The summed E-state index contributed by atoms with van der Waals surface area (Å²) in [5.41, 5.74) is 3.04. The zero-order valence-corrected chi connectivity index (χ0v) is 12.2. The third-order valence-electron chi connectivity index (χ3n) is 3.32. The first-order valence-corrected chi connectivity index (χ1v) is 6.96. The van der Waals surface area contributed by atoms with Crippen molar-refractivity contribution in [3.05, 3.63) is 65.2 Å². The van der Waals surface area contributed by atoms with Crippen LogP contribution in [0.2, 0.25) is 0 Å². The normalized spacial score (nSPS) is 11.9. The fraction of sp³-hybridized carbons (Fsp3) is 0.278. The molecule has 1 unspecified atom stereocenters. The van der Waals surface area contributed by atoms with Crippen LogP contribution in [-0.2, 0) is 6.42 Å². The van der Waals surface area contributed by atoms with Crippen molar-refractivity contribution in [2.45, 2.75) is 33.3 Å². The summed E-state index contributed by atoms with van der Waals surface area (Å²) in [5, 5.41) is 0. The Morgan fingerprint density at radius 2 is 1.85 bits per heavy atom. The summed E-state index contributed by atoms with van der Waals surface area (Å²) in [5.74, 6) is 0.754. The number of aryl methyl sites for hydroxylation is 2. The molecule has 0 N–H and O–H groups in total. The SMILES string of the molecule is CCc1cccc(OC(C)C(=O)c2ccc(C)cc2)c1. The second-order valence-electron chi connectivity index (χ2n) is 4.99. The van der Waals surface area contributed by atoms with Gasteiger partial charge >= 0.3 is 0 Å². The van der Waals surface area contributed by atoms with Gasteiger partial charge in [-0.3, -0.25) is 4.79 Å². The van der Waals surface area contributed by atoms with Gasteiger partial charge in [-0.2, -0.15) is 0 Å². The summed E-state index contributed by atoms with van der Waals surface area (Å²) in [7, 11) is 0. The lowest BCUT2D eigenvalue weighted by atomic mass is 10.1. The Balaban J connectivity index is 2.09. The van der Waals surface area contributed by atoms with Gasteiger partial charge in [0.2, 0.25) is 5.78 Å². The minimum absolute atomic E-state index is 0.00639. The van der Waals surface area contributed by atoms with Crippen LogP contribution in [0.15, 0.2) is 48.5 Å². The molecular formula is C18H20O2. The van der Waals surface area contributed by atoms with E-state index < -0.39 is 6.10 Å². The molecule has 2 aromatic carbocycles. The monoisotopic (exact) mass is 268 g/mol. The van der Waals surface area contributed by atoms with Gasteiger partial charge in [0.15, 0.2) is 6.10 Å². The first-order valence-electron chi connectivity index (χ1n) is 6.96. The van der Waals surface area contributed by atoms with Crippen LogP contribution in [-0.4, -0.2) is 11.9 Å². The lowest BCUT2D eigenvalue weighted by molar-refractivity contribution is 0.0818. The molecule has 0 saturated heterocycles. The Morgan fingerprint density at radius 1 is 1.15 bits per heavy atom. The molecule has 0 aromatic heterocycles. The van der Waals surface area contributed by atoms with E-state index in [4.69, 9.17) is 4.74 Å². The molecule has 0 spiro atoms. The molecular weight excluding hydrogens is 248 g/mol. The van der Waals surface area contributed by atoms with E-state index in [-0.39, 0.29) is 5.78 Å². The van der Waals surface area contributed by atoms with Crippen LogP contribution < -0.4 is 4.74 Å². The zero-order valence-electron chi connectivity index (χ0n) is 12.2. The molecule has 0 bridgehead atoms. The summed E-state index contributed by atoms with van der Waals surface area (Å²) in [6, 6.07) is 15.5. The maximum Gasteiger partial charge on any atom is 0.202 e. The fourth-order valence-corrected chi connectivity index (χ4v) is 2.05. The molecule has 104 valence electrons. The minimum Gasteiger partial charge on any atom is -0.483 e. The highest BCUT2D eigenvalue weighted by molar-refractivity contribution is 5.99. The van der Waals surface area contributed by atoms with Crippen LogP contribution in [0.5, 0.6) is 5.75 Å². The molecule has 2 nitrogen and oxygen atoms in total. The highest BCUT2D eigenvalue weighted by atomic mass is 16.5. The van der Waals surface area contributed by atoms with E-state index in [0.29, 0.717) is 5.56 Å². The number of carbonyl (C=O) groups is 1. The lowest BCUT2D eigenvalue weighted by Crippen LogP contribution is -2.23. The molecule has 0 aliphatic heterocycles. The maximum absolute atomic E-state index is 12.3. The molecule has 0 heterocycles. The Bertz CT molecular complexity index is 585. The van der Waals surface area contributed by atoms with Gasteiger partial charge in [-0.25, -0.2) is 0 Å². The Hall–Kier alpha value is -2.09. The molecule has 0 radical (unpaired) electrons. The first kappa shape index (κ1) is 14.3. The van der Waals surface area contributed by atoms with Crippen molar-refractivity contribution < 1.29 is 9.53 Å². The second kappa shape index (κ2) is 6.38. The molecule has 0 amide bonds. The number of carbonyl (C=O) groups excluding carboxylic acids is 1. The molecule has 0 saturated carbocycles. The third kappa shape index (κ3) is 3.47. The van der Waals surface area contributed by atoms with E-state index in [1.54, 1.807) is 6.92 Å². The summed E-state index contributed by atoms with van der Waals surface area (Å²) in [6.07, 6.45) is 0.474. The van der Waals surface area contributed by atoms with Gasteiger partial charge < -0.3 is 4.74 Å². The Labute approximate surface area is 120 Å². The van der Waals surface area contributed by atoms with Gasteiger partial charge in [-0.05, 0) is 38.0 Å². The van der Waals surface area contributed by atoms with Crippen molar-refractivity contribution in [2.75, 3.05) is 0 Å². The average Bonchev–Trinajstić information content (AvgIpc) is 2.47. The summed E-state index contributed by atoms with van der Waals surface area (Å²) < 4.78 is 5.75. The smallest absolute Gasteiger partial charge is 0.202 e. The van der Waals surface area contributed by atoms with Crippen molar-refractivity contribution in [1.82, 2.24) is 0 Å². The number of hydrogen-bond acceptors (Lipinski definition) is 2. The lowest BCUT2D eigenvalue weighted by Gasteiger charge is -2.14. The number of ketones is 1. The number of benzene rings is 2. The van der Waals surface area contributed by atoms with Crippen molar-refractivity contribution >= 4 is 5.78 Å². The largest absolute Gasteiger partial charge is 0.483 e. The van der Waals surface area contributed by atoms with Gasteiger partial charge in [-0.15, -0.1) is 0 Å². The second-order valence-corrected chi connectivity index (χ2v) is 4.99. The van der Waals surface area contributed by atoms with E-state index in [9.17, 15) is 4.79 Å². The van der Waals surface area contributed by atoms with Crippen LogP contribution in [0.4, 0.5) is 0 Å². The molecule has 2 rings (SSSR count). The molecule has 20 heavy (non-hydrogen) atoms. The maximum atomic E-state index is 12.3. The number of hydrogen-bond donors (Lipinski definition) is 0.